The lowest BCUT2D eigenvalue weighted by molar-refractivity contribution is -0.692. The first-order valence-electron chi connectivity index (χ1n) is 12.4. The number of rotatable bonds is 6. The van der Waals surface area contributed by atoms with Crippen LogP contribution in [0.1, 0.15) is 65.1 Å². The molecule has 5 nitrogen and oxygen atoms in total. The summed E-state index contributed by atoms with van der Waals surface area (Å²) in [4.78, 5) is 13.1. The number of ether oxygens (including phenoxy) is 2. The third-order valence-electron chi connectivity index (χ3n) is 7.42. The van der Waals surface area contributed by atoms with Gasteiger partial charge in [-0.3, -0.25) is 0 Å². The molecule has 1 aliphatic carbocycles. The average molecular weight is 440 g/mol. The van der Waals surface area contributed by atoms with Crippen molar-refractivity contribution in [2.24, 2.45) is 17.8 Å². The van der Waals surface area contributed by atoms with Crippen LogP contribution in [0.4, 0.5) is 0 Å². The molecule has 1 aliphatic heterocycles. The second-order valence-electron chi connectivity index (χ2n) is 10.1. The van der Waals surface area contributed by atoms with E-state index in [2.05, 4.69) is 48.2 Å². The van der Waals surface area contributed by atoms with E-state index in [4.69, 9.17) is 9.47 Å². The van der Waals surface area contributed by atoms with E-state index in [1.165, 1.54) is 30.8 Å². The van der Waals surface area contributed by atoms with Gasteiger partial charge in [-0.2, -0.15) is 0 Å². The third-order valence-corrected chi connectivity index (χ3v) is 7.42. The van der Waals surface area contributed by atoms with E-state index in [9.17, 15) is 4.79 Å². The van der Waals surface area contributed by atoms with Crippen molar-refractivity contribution in [2.45, 2.75) is 84.9 Å². The van der Waals surface area contributed by atoms with Crippen molar-refractivity contribution in [3.05, 3.63) is 36.3 Å². The molecule has 0 amide bonds. The predicted molar refractivity (Wildman–Crippen MR) is 125 cm³/mol. The lowest BCUT2D eigenvalue weighted by Gasteiger charge is -2.36. The summed E-state index contributed by atoms with van der Waals surface area (Å²) in [5.74, 6) is 3.64. The summed E-state index contributed by atoms with van der Waals surface area (Å²) in [7, 11) is 1.69. The minimum absolute atomic E-state index is 0.0501. The predicted octanol–water partition coefficient (Wildman–Crippen LogP) is 5.18. The van der Waals surface area contributed by atoms with Crippen LogP contribution in [0, 0.1) is 17.8 Å². The quantitative estimate of drug-likeness (QED) is 0.460. The van der Waals surface area contributed by atoms with Crippen molar-refractivity contribution in [2.75, 3.05) is 7.11 Å². The first kappa shape index (κ1) is 22.9. The number of nitrogens with zero attached hydrogens (tertiary/aromatic N) is 2. The lowest BCUT2D eigenvalue weighted by Crippen LogP contribution is -2.44. The molecule has 0 unspecified atom stereocenters. The van der Waals surface area contributed by atoms with Gasteiger partial charge in [-0.15, -0.1) is 0 Å². The van der Waals surface area contributed by atoms with Crippen LogP contribution < -0.4 is 9.30 Å². The topological polar surface area (TPSA) is 44.3 Å². The molecule has 0 spiro atoms. The highest BCUT2D eigenvalue weighted by molar-refractivity contribution is 5.68. The van der Waals surface area contributed by atoms with E-state index >= 15 is 0 Å². The van der Waals surface area contributed by atoms with Crippen LogP contribution in [-0.4, -0.2) is 23.8 Å². The van der Waals surface area contributed by atoms with Gasteiger partial charge in [-0.25, -0.2) is 13.9 Å². The van der Waals surface area contributed by atoms with Crippen LogP contribution in [0.15, 0.2) is 30.5 Å². The van der Waals surface area contributed by atoms with Crippen LogP contribution in [0.25, 0.3) is 11.3 Å². The van der Waals surface area contributed by atoms with Gasteiger partial charge in [0.25, 0.3) is 5.82 Å². The largest absolute Gasteiger partial charge is 0.497 e. The van der Waals surface area contributed by atoms with Crippen LogP contribution in [0.5, 0.6) is 5.75 Å². The molecule has 1 fully saturated rings. The Morgan fingerprint density at radius 1 is 1.16 bits per heavy atom. The Morgan fingerprint density at radius 2 is 1.94 bits per heavy atom. The van der Waals surface area contributed by atoms with E-state index in [1.807, 2.05) is 12.1 Å². The molecule has 2 heterocycles. The Bertz CT molecular complexity index is 916. The first-order chi connectivity index (χ1) is 15.5. The summed E-state index contributed by atoms with van der Waals surface area (Å²) < 4.78 is 16.0. The number of methoxy groups -OCH3 is 1. The molecule has 0 saturated heterocycles. The summed E-state index contributed by atoms with van der Waals surface area (Å²) in [5.41, 5.74) is 2.32. The van der Waals surface area contributed by atoms with Gasteiger partial charge in [0.05, 0.1) is 13.7 Å². The van der Waals surface area contributed by atoms with Crippen molar-refractivity contribution in [1.82, 2.24) is 4.57 Å². The first-order valence-corrected chi connectivity index (χ1v) is 12.4. The highest BCUT2D eigenvalue weighted by Crippen LogP contribution is 2.35. The second-order valence-corrected chi connectivity index (χ2v) is 10.1. The standard InChI is InChI=1S/C27H39N2O3/c1-19(2)23-14-9-20(3)16-25(23)32-27(30)18-28-17-24(21-10-12-22(31-4)13-11-21)29-15-7-5-6-8-26(28)29/h10-13,17,19-20,23,25H,5-9,14-16,18H2,1-4H3/q+1/t20-,23+,25+/m0/s1. The number of carbonyl (C=O) groups excluding carboxylic acids is 1. The molecule has 3 atom stereocenters. The van der Waals surface area contributed by atoms with E-state index in [0.717, 1.165) is 43.5 Å². The molecule has 1 aromatic carbocycles. The minimum Gasteiger partial charge on any atom is -0.497 e. The highest BCUT2D eigenvalue weighted by atomic mass is 16.5. The van der Waals surface area contributed by atoms with E-state index in [-0.39, 0.29) is 12.1 Å². The molecule has 5 heteroatoms. The van der Waals surface area contributed by atoms with E-state index in [0.29, 0.717) is 24.3 Å². The maximum absolute atomic E-state index is 13.1. The van der Waals surface area contributed by atoms with Gasteiger partial charge >= 0.3 is 5.97 Å². The molecule has 0 N–H and O–H groups in total. The molecule has 0 bridgehead atoms. The van der Waals surface area contributed by atoms with Crippen LogP contribution in [0.2, 0.25) is 0 Å². The van der Waals surface area contributed by atoms with Gasteiger partial charge in [0.2, 0.25) is 0 Å². The van der Waals surface area contributed by atoms with Crippen molar-refractivity contribution >= 4 is 5.97 Å². The molecular weight excluding hydrogens is 400 g/mol. The lowest BCUT2D eigenvalue weighted by atomic mass is 9.75. The summed E-state index contributed by atoms with van der Waals surface area (Å²) in [6.45, 7) is 8.08. The molecule has 1 saturated carbocycles. The van der Waals surface area contributed by atoms with Crippen LogP contribution in [-0.2, 0) is 29.0 Å². The molecule has 4 rings (SSSR count). The van der Waals surface area contributed by atoms with Gasteiger partial charge in [0.1, 0.15) is 18.1 Å². The van der Waals surface area contributed by atoms with Gasteiger partial charge in [0.15, 0.2) is 12.2 Å². The zero-order valence-corrected chi connectivity index (χ0v) is 20.2. The van der Waals surface area contributed by atoms with Gasteiger partial charge in [-0.1, -0.05) is 27.2 Å². The van der Waals surface area contributed by atoms with Crippen molar-refractivity contribution in [3.8, 4) is 17.0 Å². The van der Waals surface area contributed by atoms with Crippen molar-refractivity contribution < 1.29 is 18.8 Å². The number of fused-ring (bicyclic) bond motifs is 1. The Morgan fingerprint density at radius 3 is 2.66 bits per heavy atom. The summed E-state index contributed by atoms with van der Waals surface area (Å²) >= 11 is 0. The van der Waals surface area contributed by atoms with Crippen molar-refractivity contribution in [3.63, 3.8) is 0 Å². The molecular formula is C27H39N2O3+. The normalized spacial score (nSPS) is 23.5. The number of imidazole rings is 1. The Balaban J connectivity index is 1.56. The number of esters is 1. The number of carbonyl (C=O) groups is 1. The number of aromatic nitrogens is 2. The van der Waals surface area contributed by atoms with E-state index in [1.54, 1.807) is 7.11 Å². The summed E-state index contributed by atoms with van der Waals surface area (Å²) in [5, 5.41) is 0. The molecule has 0 radical (unpaired) electrons. The smallest absolute Gasteiger partial charge is 0.348 e. The number of hydrogen-bond donors (Lipinski definition) is 0. The monoisotopic (exact) mass is 439 g/mol. The minimum atomic E-state index is -0.0984. The molecule has 2 aliphatic rings. The molecule has 2 aromatic rings. The number of hydrogen-bond acceptors (Lipinski definition) is 3. The van der Waals surface area contributed by atoms with Gasteiger partial charge in [0, 0.05) is 12.0 Å². The van der Waals surface area contributed by atoms with Crippen LogP contribution >= 0.6 is 0 Å². The Kier molecular flexibility index (Phi) is 7.22. The number of benzene rings is 1. The zero-order chi connectivity index (χ0) is 22.7. The fraction of sp³-hybridized carbons (Fsp3) is 0.630. The molecule has 32 heavy (non-hydrogen) atoms. The maximum Gasteiger partial charge on any atom is 0.348 e. The summed E-state index contributed by atoms with van der Waals surface area (Å²) in [6, 6.07) is 8.21. The third kappa shape index (κ3) is 5.02. The van der Waals surface area contributed by atoms with Gasteiger partial charge < -0.3 is 9.47 Å². The van der Waals surface area contributed by atoms with Gasteiger partial charge in [-0.05, 0) is 74.1 Å². The molecule has 1 aromatic heterocycles. The fourth-order valence-electron chi connectivity index (χ4n) is 5.57. The Labute approximate surface area is 192 Å². The zero-order valence-electron chi connectivity index (χ0n) is 20.2. The Hall–Kier alpha value is -2.30. The average Bonchev–Trinajstić information content (AvgIpc) is 2.94. The SMILES string of the molecule is COc1ccc(-c2c[n+](CC(=O)O[C@@H]3C[C@@H](C)CC[C@@H]3C(C)C)c3n2CCCCC3)cc1. The summed E-state index contributed by atoms with van der Waals surface area (Å²) in [6.07, 6.45) is 10.1. The highest BCUT2D eigenvalue weighted by Gasteiger charge is 2.34. The van der Waals surface area contributed by atoms with Crippen LogP contribution in [0.3, 0.4) is 0 Å². The molecule has 174 valence electrons. The maximum atomic E-state index is 13.1. The fourth-order valence-corrected chi connectivity index (χ4v) is 5.57. The van der Waals surface area contributed by atoms with E-state index < -0.39 is 0 Å². The van der Waals surface area contributed by atoms with Crippen molar-refractivity contribution in [1.29, 1.82) is 0 Å². The second kappa shape index (κ2) is 10.1.